The van der Waals surface area contributed by atoms with E-state index in [2.05, 4.69) is 15.5 Å². The summed E-state index contributed by atoms with van der Waals surface area (Å²) in [5.74, 6) is 0. The molecule has 0 radical (unpaired) electrons. The molecular formula is C19H26N4O2S2. The topological polar surface area (TPSA) is 73.5 Å². The minimum absolute atomic E-state index is 0.170. The van der Waals surface area contributed by atoms with Crippen molar-refractivity contribution in [2.75, 3.05) is 5.01 Å². The van der Waals surface area contributed by atoms with Crippen molar-refractivity contribution in [3.63, 3.8) is 0 Å². The van der Waals surface area contributed by atoms with Crippen LogP contribution in [0.25, 0.3) is 0 Å². The Morgan fingerprint density at radius 2 is 1.78 bits per heavy atom. The number of sulfonamides is 1. The summed E-state index contributed by atoms with van der Waals surface area (Å²) in [6.07, 6.45) is 9.60. The summed E-state index contributed by atoms with van der Waals surface area (Å²) < 4.78 is 27.7. The highest BCUT2D eigenvalue weighted by molar-refractivity contribution is 7.91. The van der Waals surface area contributed by atoms with Crippen molar-refractivity contribution in [2.45, 2.75) is 56.9 Å². The predicted octanol–water partition coefficient (Wildman–Crippen LogP) is 3.30. The number of nitrogens with one attached hydrogen (secondary N) is 3. The number of hydrogen-bond donors (Lipinski definition) is 3. The second-order valence-electron chi connectivity index (χ2n) is 7.01. The first kappa shape index (κ1) is 19.7. The molecule has 27 heavy (non-hydrogen) atoms. The molecule has 146 valence electrons. The fourth-order valence-electron chi connectivity index (χ4n) is 3.31. The van der Waals surface area contributed by atoms with Gasteiger partial charge in [-0.3, -0.25) is 15.2 Å². The van der Waals surface area contributed by atoms with Crippen LogP contribution in [0, 0.1) is 0 Å². The van der Waals surface area contributed by atoms with Gasteiger partial charge in [0.15, 0.2) is 5.11 Å². The summed E-state index contributed by atoms with van der Waals surface area (Å²) in [4.78, 5) is 0.185. The van der Waals surface area contributed by atoms with E-state index >= 15 is 0 Å². The van der Waals surface area contributed by atoms with Crippen LogP contribution in [0.3, 0.4) is 0 Å². The maximum Gasteiger partial charge on any atom is 0.263 e. The van der Waals surface area contributed by atoms with Crippen LogP contribution in [0.1, 0.15) is 46.0 Å². The number of rotatable bonds is 4. The number of benzene rings is 1. The molecule has 0 spiro atoms. The molecule has 0 aromatic heterocycles. The van der Waals surface area contributed by atoms with Gasteiger partial charge in [0, 0.05) is 17.4 Å². The monoisotopic (exact) mass is 406 g/mol. The zero-order valence-electron chi connectivity index (χ0n) is 15.7. The normalized spacial score (nSPS) is 18.2. The Kier molecular flexibility index (Phi) is 6.06. The Balaban J connectivity index is 1.65. The van der Waals surface area contributed by atoms with Gasteiger partial charge in [0.25, 0.3) is 10.0 Å². The summed E-state index contributed by atoms with van der Waals surface area (Å²) >= 11 is 5.21. The Morgan fingerprint density at radius 1 is 1.11 bits per heavy atom. The molecule has 0 atom stereocenters. The summed E-state index contributed by atoms with van der Waals surface area (Å²) in [6, 6.07) is 6.98. The maximum atomic E-state index is 12.6. The van der Waals surface area contributed by atoms with Crippen LogP contribution < -0.4 is 20.5 Å². The molecule has 6 nitrogen and oxygen atoms in total. The molecule has 0 saturated heterocycles. The minimum atomic E-state index is -3.70. The Bertz CT molecular complexity index is 854. The molecule has 0 amide bonds. The van der Waals surface area contributed by atoms with Crippen LogP contribution in [-0.2, 0) is 10.0 Å². The van der Waals surface area contributed by atoms with Gasteiger partial charge in [-0.25, -0.2) is 8.42 Å². The molecule has 1 aromatic rings. The Morgan fingerprint density at radius 3 is 2.44 bits per heavy atom. The van der Waals surface area contributed by atoms with E-state index in [-0.39, 0.29) is 16.0 Å². The highest BCUT2D eigenvalue weighted by atomic mass is 32.2. The fraction of sp³-hybridized carbons (Fsp3) is 0.421. The highest BCUT2D eigenvalue weighted by Crippen LogP contribution is 2.22. The number of hydrogen-bond acceptors (Lipinski definition) is 5. The number of nitrogens with zero attached hydrogens (tertiary/aromatic N) is 1. The SMILES string of the molecule is CC1=CC=C(C)N(c2ccc(S(=O)(=O)NC(=S)NC3CCCCC3)cc2)N1. The second kappa shape index (κ2) is 8.31. The number of hydrazine groups is 1. The van der Waals surface area contributed by atoms with Crippen LogP contribution in [0.15, 0.2) is 52.7 Å². The maximum absolute atomic E-state index is 12.6. The molecule has 0 bridgehead atoms. The van der Waals surface area contributed by atoms with E-state index in [1.165, 1.54) is 6.42 Å². The van der Waals surface area contributed by atoms with E-state index in [0.717, 1.165) is 42.8 Å². The van der Waals surface area contributed by atoms with Crippen molar-refractivity contribution in [1.82, 2.24) is 15.5 Å². The van der Waals surface area contributed by atoms with Crippen LogP contribution in [0.2, 0.25) is 0 Å². The van der Waals surface area contributed by atoms with Gasteiger partial charge in [0.2, 0.25) is 0 Å². The van der Waals surface area contributed by atoms with Gasteiger partial charge in [0.1, 0.15) is 0 Å². The van der Waals surface area contributed by atoms with E-state index in [0.29, 0.717) is 0 Å². The first-order chi connectivity index (χ1) is 12.8. The van der Waals surface area contributed by atoms with Gasteiger partial charge in [-0.05, 0) is 75.3 Å². The van der Waals surface area contributed by atoms with Gasteiger partial charge in [-0.15, -0.1) is 0 Å². The average Bonchev–Trinajstić information content (AvgIpc) is 2.64. The lowest BCUT2D eigenvalue weighted by Gasteiger charge is -2.30. The van der Waals surface area contributed by atoms with Gasteiger partial charge in [-0.2, -0.15) is 0 Å². The third kappa shape index (κ3) is 5.01. The van der Waals surface area contributed by atoms with Crippen LogP contribution >= 0.6 is 12.2 Å². The molecule has 1 aliphatic carbocycles. The lowest BCUT2D eigenvalue weighted by Crippen LogP contribution is -2.44. The third-order valence-electron chi connectivity index (χ3n) is 4.79. The molecule has 1 saturated carbocycles. The lowest BCUT2D eigenvalue weighted by atomic mass is 9.96. The summed E-state index contributed by atoms with van der Waals surface area (Å²) in [6.45, 7) is 3.95. The largest absolute Gasteiger partial charge is 0.359 e. The fourth-order valence-corrected chi connectivity index (χ4v) is 4.72. The molecule has 0 unspecified atom stereocenters. The van der Waals surface area contributed by atoms with Gasteiger partial charge < -0.3 is 5.32 Å². The first-order valence-electron chi connectivity index (χ1n) is 9.20. The quantitative estimate of drug-likeness (QED) is 0.667. The molecule has 1 fully saturated rings. The van der Waals surface area contributed by atoms with Crippen molar-refractivity contribution in [3.05, 3.63) is 47.8 Å². The highest BCUT2D eigenvalue weighted by Gasteiger charge is 2.20. The summed E-state index contributed by atoms with van der Waals surface area (Å²) in [5.41, 5.74) is 6.14. The van der Waals surface area contributed by atoms with Gasteiger partial charge >= 0.3 is 0 Å². The molecule has 1 aliphatic heterocycles. The molecule has 1 aromatic carbocycles. The van der Waals surface area contributed by atoms with Crippen molar-refractivity contribution in [3.8, 4) is 0 Å². The molecule has 1 heterocycles. The first-order valence-corrected chi connectivity index (χ1v) is 11.1. The van der Waals surface area contributed by atoms with Crippen molar-refractivity contribution >= 4 is 33.0 Å². The smallest absolute Gasteiger partial charge is 0.263 e. The molecular weight excluding hydrogens is 380 g/mol. The van der Waals surface area contributed by atoms with E-state index in [1.807, 2.05) is 31.0 Å². The van der Waals surface area contributed by atoms with Crippen molar-refractivity contribution in [1.29, 1.82) is 0 Å². The van der Waals surface area contributed by atoms with E-state index in [9.17, 15) is 8.42 Å². The molecule has 8 heteroatoms. The minimum Gasteiger partial charge on any atom is -0.359 e. The zero-order valence-corrected chi connectivity index (χ0v) is 17.3. The summed E-state index contributed by atoms with van der Waals surface area (Å²) in [7, 11) is -3.70. The second-order valence-corrected chi connectivity index (χ2v) is 9.10. The Hall–Kier alpha value is -2.06. The van der Waals surface area contributed by atoms with Crippen molar-refractivity contribution in [2.24, 2.45) is 0 Å². The van der Waals surface area contributed by atoms with E-state index in [1.54, 1.807) is 24.3 Å². The molecule has 3 rings (SSSR count). The molecule has 3 N–H and O–H groups in total. The van der Waals surface area contributed by atoms with Gasteiger partial charge in [0.05, 0.1) is 10.6 Å². The zero-order chi connectivity index (χ0) is 19.4. The van der Waals surface area contributed by atoms with Crippen molar-refractivity contribution < 1.29 is 8.42 Å². The van der Waals surface area contributed by atoms with Gasteiger partial charge in [-0.1, -0.05) is 19.3 Å². The number of allylic oxidation sites excluding steroid dienone is 4. The predicted molar refractivity (Wildman–Crippen MR) is 112 cm³/mol. The summed E-state index contributed by atoms with van der Waals surface area (Å²) in [5, 5.41) is 5.21. The Labute approximate surface area is 166 Å². The van der Waals surface area contributed by atoms with Crippen LogP contribution in [-0.4, -0.2) is 19.6 Å². The standard InChI is InChI=1S/C19H26N4O2S2/c1-14-8-9-15(2)23(21-14)17-10-12-18(13-11-17)27(24,25)22-19(26)20-16-6-4-3-5-7-16/h8-13,16,21H,3-7H2,1-2H3,(H2,20,22,26). The van der Waals surface area contributed by atoms with Crippen LogP contribution in [0.5, 0.6) is 0 Å². The third-order valence-corrected chi connectivity index (χ3v) is 6.50. The van der Waals surface area contributed by atoms with E-state index < -0.39 is 10.0 Å². The average molecular weight is 407 g/mol. The number of thiocarbonyl (C=S) groups is 1. The number of anilines is 1. The van der Waals surface area contributed by atoms with Crippen LogP contribution in [0.4, 0.5) is 5.69 Å². The molecule has 2 aliphatic rings. The lowest BCUT2D eigenvalue weighted by molar-refractivity contribution is 0.413. The van der Waals surface area contributed by atoms with E-state index in [4.69, 9.17) is 12.2 Å².